The number of aliphatic hydroxyl groups is 1. The molecule has 1 fully saturated rings. The van der Waals surface area contributed by atoms with Crippen molar-refractivity contribution in [1.29, 1.82) is 0 Å². The fourth-order valence-electron chi connectivity index (χ4n) is 0.777. The summed E-state index contributed by atoms with van der Waals surface area (Å²) in [6, 6.07) is 0. The number of rotatable bonds is 2. The lowest BCUT2D eigenvalue weighted by molar-refractivity contribution is 0.0841. The molecule has 48 valence electrons. The highest BCUT2D eigenvalue weighted by atomic mass is 16.3. The Bertz CT molecular complexity index is 88.5. The predicted molar refractivity (Wildman–Crippen MR) is 32.4 cm³/mol. The van der Waals surface area contributed by atoms with E-state index in [4.69, 9.17) is 0 Å². The van der Waals surface area contributed by atoms with Crippen LogP contribution in [0, 0.1) is 5.92 Å². The van der Waals surface area contributed by atoms with Gasteiger partial charge in [0.25, 0.3) is 0 Å². The summed E-state index contributed by atoms with van der Waals surface area (Å²) in [6.45, 7) is 4.92. The van der Waals surface area contributed by atoms with Crippen molar-refractivity contribution in [3.63, 3.8) is 0 Å². The molecule has 0 aromatic rings. The van der Waals surface area contributed by atoms with Crippen molar-refractivity contribution in [3.8, 4) is 0 Å². The van der Waals surface area contributed by atoms with Gasteiger partial charge in [-0.3, -0.25) is 5.32 Å². The molecule has 1 heterocycles. The summed E-state index contributed by atoms with van der Waals surface area (Å²) in [5.41, 5.74) is -0.491. The van der Waals surface area contributed by atoms with Gasteiger partial charge in [-0.2, -0.15) is 0 Å². The van der Waals surface area contributed by atoms with Crippen molar-refractivity contribution in [1.82, 2.24) is 5.32 Å². The molecule has 0 spiro atoms. The van der Waals surface area contributed by atoms with E-state index in [1.165, 1.54) is 0 Å². The molecule has 1 saturated heterocycles. The van der Waals surface area contributed by atoms with E-state index >= 15 is 0 Å². The first-order valence-corrected chi connectivity index (χ1v) is 3.16. The van der Waals surface area contributed by atoms with Crippen molar-refractivity contribution in [2.45, 2.75) is 26.0 Å². The summed E-state index contributed by atoms with van der Waals surface area (Å²) in [5, 5.41) is 12.2. The molecule has 0 bridgehead atoms. The summed E-state index contributed by atoms with van der Waals surface area (Å²) in [6.07, 6.45) is 1.05. The van der Waals surface area contributed by atoms with Crippen molar-refractivity contribution >= 4 is 0 Å². The third kappa shape index (κ3) is 0.858. The van der Waals surface area contributed by atoms with Crippen LogP contribution in [0.25, 0.3) is 0 Å². The Balaban J connectivity index is 2.34. The second-order valence-corrected chi connectivity index (χ2v) is 2.59. The topological polar surface area (TPSA) is 42.2 Å². The molecule has 2 atom stereocenters. The Labute approximate surface area is 49.9 Å². The van der Waals surface area contributed by atoms with Crippen LogP contribution in [0.3, 0.4) is 0 Å². The molecule has 0 aliphatic carbocycles. The number of hydrogen-bond acceptors (Lipinski definition) is 2. The third-order valence-corrected chi connectivity index (χ3v) is 1.97. The van der Waals surface area contributed by atoms with Crippen LogP contribution < -0.4 is 5.32 Å². The minimum absolute atomic E-state index is 0.405. The molecule has 0 saturated carbocycles. The number of β-amino-alcohol motifs (C(OH)–C–C–N with tert-alkyl or cyclic N) is 1. The van der Waals surface area contributed by atoms with Crippen molar-refractivity contribution in [2.24, 2.45) is 5.92 Å². The van der Waals surface area contributed by atoms with E-state index in [1.54, 1.807) is 0 Å². The number of hydrogen-bond donors (Lipinski definition) is 2. The lowest BCUT2D eigenvalue weighted by Gasteiger charge is -2.12. The summed E-state index contributed by atoms with van der Waals surface area (Å²) in [5.74, 6) is 0.405. The van der Waals surface area contributed by atoms with Crippen LogP contribution in [0.4, 0.5) is 0 Å². The smallest absolute Gasteiger partial charge is 0.131 e. The Morgan fingerprint density at radius 2 is 2.38 bits per heavy atom. The van der Waals surface area contributed by atoms with Crippen LogP contribution in [0.5, 0.6) is 0 Å². The van der Waals surface area contributed by atoms with Gasteiger partial charge in [0, 0.05) is 6.54 Å². The van der Waals surface area contributed by atoms with Gasteiger partial charge < -0.3 is 5.11 Å². The first-order chi connectivity index (χ1) is 3.69. The van der Waals surface area contributed by atoms with Crippen molar-refractivity contribution in [2.75, 3.05) is 6.54 Å². The van der Waals surface area contributed by atoms with E-state index in [2.05, 4.69) is 19.2 Å². The second-order valence-electron chi connectivity index (χ2n) is 2.59. The molecular weight excluding hydrogens is 102 g/mol. The van der Waals surface area contributed by atoms with Gasteiger partial charge in [0.2, 0.25) is 0 Å². The SMILES string of the molecule is CCC(C)C1(O)CN1. The van der Waals surface area contributed by atoms with Gasteiger partial charge >= 0.3 is 0 Å². The Kier molecular flexibility index (Phi) is 1.29. The van der Waals surface area contributed by atoms with Gasteiger partial charge in [-0.15, -0.1) is 0 Å². The Morgan fingerprint density at radius 3 is 2.50 bits per heavy atom. The maximum atomic E-state index is 9.29. The predicted octanol–water partition coefficient (Wildman–Crippen LogP) is 0.324. The lowest BCUT2D eigenvalue weighted by Crippen LogP contribution is -2.23. The first kappa shape index (κ1) is 6.05. The van der Waals surface area contributed by atoms with Crippen LogP contribution in [0.15, 0.2) is 0 Å². The minimum Gasteiger partial charge on any atom is -0.374 e. The highest BCUT2D eigenvalue weighted by Gasteiger charge is 2.43. The summed E-state index contributed by atoms with van der Waals surface area (Å²) in [4.78, 5) is 0. The van der Waals surface area contributed by atoms with Gasteiger partial charge in [-0.25, -0.2) is 0 Å². The quantitative estimate of drug-likeness (QED) is 0.509. The average molecular weight is 115 g/mol. The molecule has 2 N–H and O–H groups in total. The maximum Gasteiger partial charge on any atom is 0.131 e. The number of nitrogens with one attached hydrogen (secondary N) is 1. The fourth-order valence-corrected chi connectivity index (χ4v) is 0.777. The van der Waals surface area contributed by atoms with Gasteiger partial charge in [-0.05, 0) is 12.3 Å². The van der Waals surface area contributed by atoms with Gasteiger partial charge in [0.05, 0.1) is 0 Å². The van der Waals surface area contributed by atoms with Crippen LogP contribution in [0.2, 0.25) is 0 Å². The first-order valence-electron chi connectivity index (χ1n) is 3.16. The molecule has 0 amide bonds. The Hall–Kier alpha value is -0.0800. The average Bonchev–Trinajstić information content (AvgIpc) is 2.47. The zero-order valence-electron chi connectivity index (χ0n) is 5.44. The van der Waals surface area contributed by atoms with E-state index < -0.39 is 5.72 Å². The highest BCUT2D eigenvalue weighted by molar-refractivity contribution is 4.96. The van der Waals surface area contributed by atoms with E-state index in [1.807, 2.05) is 0 Å². The van der Waals surface area contributed by atoms with Crippen LogP contribution >= 0.6 is 0 Å². The normalized spacial score (nSPS) is 39.4. The van der Waals surface area contributed by atoms with Crippen molar-refractivity contribution in [3.05, 3.63) is 0 Å². The maximum absolute atomic E-state index is 9.29. The molecule has 1 aliphatic rings. The zero-order valence-corrected chi connectivity index (χ0v) is 5.44. The molecular formula is C6H13NO. The molecule has 1 aliphatic heterocycles. The third-order valence-electron chi connectivity index (χ3n) is 1.97. The van der Waals surface area contributed by atoms with E-state index in [0.717, 1.165) is 13.0 Å². The summed E-state index contributed by atoms with van der Waals surface area (Å²) >= 11 is 0. The molecule has 2 heteroatoms. The summed E-state index contributed by atoms with van der Waals surface area (Å²) < 4.78 is 0. The van der Waals surface area contributed by atoms with E-state index in [-0.39, 0.29) is 0 Å². The monoisotopic (exact) mass is 115 g/mol. The summed E-state index contributed by atoms with van der Waals surface area (Å²) in [7, 11) is 0. The molecule has 0 aromatic heterocycles. The molecule has 2 unspecified atom stereocenters. The van der Waals surface area contributed by atoms with Crippen LogP contribution in [0.1, 0.15) is 20.3 Å². The highest BCUT2D eigenvalue weighted by Crippen LogP contribution is 2.25. The molecule has 0 radical (unpaired) electrons. The van der Waals surface area contributed by atoms with Crippen LogP contribution in [-0.2, 0) is 0 Å². The Morgan fingerprint density at radius 1 is 1.88 bits per heavy atom. The minimum atomic E-state index is -0.491. The second kappa shape index (κ2) is 1.71. The zero-order chi connectivity index (χ0) is 6.20. The van der Waals surface area contributed by atoms with Crippen LogP contribution in [-0.4, -0.2) is 17.4 Å². The molecule has 8 heavy (non-hydrogen) atoms. The molecule has 2 nitrogen and oxygen atoms in total. The van der Waals surface area contributed by atoms with Crippen molar-refractivity contribution < 1.29 is 5.11 Å². The lowest BCUT2D eigenvalue weighted by atomic mass is 10.0. The van der Waals surface area contributed by atoms with Gasteiger partial charge in [-0.1, -0.05) is 13.8 Å². The fraction of sp³-hybridized carbons (Fsp3) is 1.00. The largest absolute Gasteiger partial charge is 0.374 e. The van der Waals surface area contributed by atoms with E-state index in [0.29, 0.717) is 5.92 Å². The van der Waals surface area contributed by atoms with E-state index in [9.17, 15) is 5.11 Å². The standard InChI is InChI=1S/C6H13NO/c1-3-5(2)6(8)4-7-6/h5,7-8H,3-4H2,1-2H3. The molecule has 1 rings (SSSR count). The van der Waals surface area contributed by atoms with Gasteiger partial charge in [0.15, 0.2) is 0 Å². The van der Waals surface area contributed by atoms with Gasteiger partial charge in [0.1, 0.15) is 5.72 Å². The molecule has 0 aromatic carbocycles.